The van der Waals surface area contributed by atoms with Gasteiger partial charge in [0.15, 0.2) is 11.5 Å². The summed E-state index contributed by atoms with van der Waals surface area (Å²) in [7, 11) is 3.06. The molecular weight excluding hydrogens is 354 g/mol. The summed E-state index contributed by atoms with van der Waals surface area (Å²) in [6.07, 6.45) is 1.85. The second kappa shape index (κ2) is 7.92. The molecule has 7 nitrogen and oxygen atoms in total. The van der Waals surface area contributed by atoms with Crippen molar-refractivity contribution >= 4 is 23.4 Å². The predicted molar refractivity (Wildman–Crippen MR) is 99.0 cm³/mol. The van der Waals surface area contributed by atoms with E-state index in [2.05, 4.69) is 15.5 Å². The number of amides is 1. The van der Waals surface area contributed by atoms with Crippen LogP contribution >= 0.6 is 11.8 Å². The van der Waals surface area contributed by atoms with Gasteiger partial charge in [-0.05, 0) is 36.6 Å². The van der Waals surface area contributed by atoms with Gasteiger partial charge in [-0.3, -0.25) is 4.79 Å². The maximum Gasteiger partial charge on any atom is 0.276 e. The summed E-state index contributed by atoms with van der Waals surface area (Å²) < 4.78 is 16.0. The van der Waals surface area contributed by atoms with Crippen LogP contribution in [0.2, 0.25) is 0 Å². The lowest BCUT2D eigenvalue weighted by atomic mass is 10.1. The Morgan fingerprint density at radius 3 is 2.54 bits per heavy atom. The molecule has 0 aliphatic rings. The molecule has 0 aliphatic carbocycles. The lowest BCUT2D eigenvalue weighted by Crippen LogP contribution is -2.13. The number of methoxy groups -OCH3 is 2. The van der Waals surface area contributed by atoms with Crippen LogP contribution < -0.4 is 14.8 Å². The first-order chi connectivity index (χ1) is 12.7. The van der Waals surface area contributed by atoms with Crippen LogP contribution in [0, 0.1) is 0 Å². The highest BCUT2D eigenvalue weighted by atomic mass is 32.2. The Labute approximate surface area is 154 Å². The average molecular weight is 371 g/mol. The van der Waals surface area contributed by atoms with Gasteiger partial charge in [-0.25, -0.2) is 0 Å². The van der Waals surface area contributed by atoms with Crippen LogP contribution in [0.4, 0.5) is 5.69 Å². The molecule has 2 aromatic carbocycles. The third-order valence-corrected chi connectivity index (χ3v) is 4.15. The molecule has 134 valence electrons. The Hall–Kier alpha value is -3.00. The molecule has 26 heavy (non-hydrogen) atoms. The second-order valence-electron chi connectivity index (χ2n) is 5.15. The van der Waals surface area contributed by atoms with Gasteiger partial charge in [0, 0.05) is 5.56 Å². The number of ether oxygens (including phenoxy) is 2. The van der Waals surface area contributed by atoms with E-state index in [0.29, 0.717) is 39.4 Å². The molecule has 0 radical (unpaired) electrons. The van der Waals surface area contributed by atoms with E-state index in [1.165, 1.54) is 18.9 Å². The molecule has 0 unspecified atom stereocenters. The second-order valence-corrected chi connectivity index (χ2v) is 5.90. The first kappa shape index (κ1) is 17.8. The highest BCUT2D eigenvalue weighted by molar-refractivity contribution is 7.98. The van der Waals surface area contributed by atoms with Gasteiger partial charge in [0.05, 0.1) is 25.5 Å². The molecule has 1 amide bonds. The van der Waals surface area contributed by atoms with Gasteiger partial charge in [0.1, 0.15) is 0 Å². The molecule has 3 aromatic rings. The van der Waals surface area contributed by atoms with E-state index in [-0.39, 0.29) is 5.91 Å². The van der Waals surface area contributed by atoms with Crippen LogP contribution in [0.5, 0.6) is 11.5 Å². The fraction of sp³-hybridized carbons (Fsp3) is 0.167. The number of hydrogen-bond donors (Lipinski definition) is 1. The molecular formula is C18H17N3O4S. The molecule has 0 atom stereocenters. The van der Waals surface area contributed by atoms with Crippen molar-refractivity contribution in [1.29, 1.82) is 0 Å². The van der Waals surface area contributed by atoms with E-state index in [1.54, 1.807) is 31.4 Å². The number of benzene rings is 2. The molecule has 8 heteroatoms. The minimum absolute atomic E-state index is 0.289. The van der Waals surface area contributed by atoms with Crippen molar-refractivity contribution < 1.29 is 18.7 Å². The fourth-order valence-electron chi connectivity index (χ4n) is 2.35. The van der Waals surface area contributed by atoms with E-state index < -0.39 is 0 Å². The van der Waals surface area contributed by atoms with E-state index >= 15 is 0 Å². The summed E-state index contributed by atoms with van der Waals surface area (Å²) >= 11 is 1.36. The quantitative estimate of drug-likeness (QED) is 0.661. The number of para-hydroxylation sites is 1. The first-order valence-corrected chi connectivity index (χ1v) is 8.89. The normalized spacial score (nSPS) is 10.4. The van der Waals surface area contributed by atoms with Crippen LogP contribution in [-0.4, -0.2) is 36.6 Å². The van der Waals surface area contributed by atoms with Crippen LogP contribution in [0.15, 0.2) is 52.1 Å². The molecule has 1 aromatic heterocycles. The van der Waals surface area contributed by atoms with Crippen molar-refractivity contribution in [3.8, 4) is 23.0 Å². The SMILES string of the molecule is COc1ccc(C(=O)Nc2ccccc2-c2nnc(SC)o2)cc1OC. The van der Waals surface area contributed by atoms with Gasteiger partial charge in [0.2, 0.25) is 0 Å². The summed E-state index contributed by atoms with van der Waals surface area (Å²) in [6.45, 7) is 0. The molecule has 1 N–H and O–H groups in total. The van der Waals surface area contributed by atoms with Gasteiger partial charge < -0.3 is 19.2 Å². The van der Waals surface area contributed by atoms with Crippen molar-refractivity contribution in [2.45, 2.75) is 5.22 Å². The zero-order valence-corrected chi connectivity index (χ0v) is 15.3. The molecule has 0 aliphatic heterocycles. The Bertz CT molecular complexity index is 926. The minimum Gasteiger partial charge on any atom is -0.493 e. The van der Waals surface area contributed by atoms with E-state index in [4.69, 9.17) is 13.9 Å². The maximum absolute atomic E-state index is 12.6. The average Bonchev–Trinajstić information content (AvgIpc) is 3.16. The highest BCUT2D eigenvalue weighted by Gasteiger charge is 2.16. The molecule has 0 saturated carbocycles. The third kappa shape index (κ3) is 3.65. The number of aromatic nitrogens is 2. The molecule has 1 heterocycles. The third-order valence-electron chi connectivity index (χ3n) is 3.63. The Morgan fingerprint density at radius 2 is 1.85 bits per heavy atom. The van der Waals surface area contributed by atoms with E-state index in [0.717, 1.165) is 0 Å². The van der Waals surface area contributed by atoms with Gasteiger partial charge >= 0.3 is 0 Å². The number of thioether (sulfide) groups is 1. The monoisotopic (exact) mass is 371 g/mol. The first-order valence-electron chi connectivity index (χ1n) is 7.66. The summed E-state index contributed by atoms with van der Waals surface area (Å²) in [5, 5.41) is 11.3. The summed E-state index contributed by atoms with van der Waals surface area (Å²) in [5.74, 6) is 1.09. The molecule has 0 fully saturated rings. The van der Waals surface area contributed by atoms with Crippen molar-refractivity contribution in [2.24, 2.45) is 0 Å². The zero-order valence-electron chi connectivity index (χ0n) is 14.5. The number of anilines is 1. The summed E-state index contributed by atoms with van der Waals surface area (Å²) in [4.78, 5) is 12.6. The van der Waals surface area contributed by atoms with Crippen LogP contribution in [0.3, 0.4) is 0 Å². The van der Waals surface area contributed by atoms with Crippen molar-refractivity contribution in [2.75, 3.05) is 25.8 Å². The summed E-state index contributed by atoms with van der Waals surface area (Å²) in [5.41, 5.74) is 1.66. The topological polar surface area (TPSA) is 86.5 Å². The predicted octanol–water partition coefficient (Wildman–Crippen LogP) is 3.73. The zero-order chi connectivity index (χ0) is 18.5. The molecule has 0 spiro atoms. The lowest BCUT2D eigenvalue weighted by molar-refractivity contribution is 0.102. The largest absolute Gasteiger partial charge is 0.493 e. The Morgan fingerprint density at radius 1 is 1.08 bits per heavy atom. The van der Waals surface area contributed by atoms with E-state index in [1.807, 2.05) is 24.5 Å². The van der Waals surface area contributed by atoms with Crippen LogP contribution in [0.1, 0.15) is 10.4 Å². The number of nitrogens with zero attached hydrogens (tertiary/aromatic N) is 2. The molecule has 0 saturated heterocycles. The lowest BCUT2D eigenvalue weighted by Gasteiger charge is -2.11. The van der Waals surface area contributed by atoms with Gasteiger partial charge in [-0.15, -0.1) is 10.2 Å². The summed E-state index contributed by atoms with van der Waals surface area (Å²) in [6, 6.07) is 12.2. The number of carbonyl (C=O) groups is 1. The molecule has 3 rings (SSSR count). The van der Waals surface area contributed by atoms with Gasteiger partial charge in [-0.1, -0.05) is 23.9 Å². The van der Waals surface area contributed by atoms with Crippen molar-refractivity contribution in [3.63, 3.8) is 0 Å². The van der Waals surface area contributed by atoms with Gasteiger partial charge in [-0.2, -0.15) is 0 Å². The molecule has 0 bridgehead atoms. The Balaban J connectivity index is 1.88. The van der Waals surface area contributed by atoms with Crippen molar-refractivity contribution in [3.05, 3.63) is 48.0 Å². The maximum atomic E-state index is 12.6. The smallest absolute Gasteiger partial charge is 0.276 e. The van der Waals surface area contributed by atoms with Crippen LogP contribution in [0.25, 0.3) is 11.5 Å². The fourth-order valence-corrected chi connectivity index (χ4v) is 2.64. The van der Waals surface area contributed by atoms with Crippen molar-refractivity contribution in [1.82, 2.24) is 10.2 Å². The highest BCUT2D eigenvalue weighted by Crippen LogP contribution is 2.30. The number of nitrogens with one attached hydrogen (secondary N) is 1. The van der Waals surface area contributed by atoms with Crippen LogP contribution in [-0.2, 0) is 0 Å². The number of rotatable bonds is 6. The number of carbonyl (C=O) groups excluding carboxylic acids is 1. The Kier molecular flexibility index (Phi) is 5.43. The standard InChI is InChI=1S/C18H17N3O4S/c1-23-14-9-8-11(10-15(14)24-2)16(22)19-13-7-5-4-6-12(13)17-20-21-18(25-17)26-3/h4-10H,1-3H3,(H,19,22). The van der Waals surface area contributed by atoms with E-state index in [9.17, 15) is 4.79 Å². The number of hydrogen-bond acceptors (Lipinski definition) is 7. The minimum atomic E-state index is -0.289. The van der Waals surface area contributed by atoms with Gasteiger partial charge in [0.25, 0.3) is 17.0 Å².